The van der Waals surface area contributed by atoms with Gasteiger partial charge in [-0.15, -0.1) is 0 Å². The quantitative estimate of drug-likeness (QED) is 0.774. The lowest BCUT2D eigenvalue weighted by Crippen LogP contribution is -2.48. The van der Waals surface area contributed by atoms with Crippen molar-refractivity contribution in [3.05, 3.63) is 65.7 Å². The molecule has 28 heavy (non-hydrogen) atoms. The van der Waals surface area contributed by atoms with Gasteiger partial charge in [0.15, 0.2) is 0 Å². The van der Waals surface area contributed by atoms with Gasteiger partial charge in [-0.25, -0.2) is 4.79 Å². The zero-order valence-corrected chi connectivity index (χ0v) is 17.0. The zero-order valence-electron chi connectivity index (χ0n) is 17.0. The number of para-hydroxylation sites is 1. The van der Waals surface area contributed by atoms with E-state index in [9.17, 15) is 4.79 Å². The van der Waals surface area contributed by atoms with Crippen molar-refractivity contribution in [2.75, 3.05) is 45.1 Å². The third kappa shape index (κ3) is 6.08. The maximum absolute atomic E-state index is 12.4. The monoisotopic (exact) mass is 380 g/mol. The van der Waals surface area contributed by atoms with E-state index in [2.05, 4.69) is 52.6 Å². The van der Waals surface area contributed by atoms with Crippen molar-refractivity contribution in [1.29, 1.82) is 0 Å². The number of amides is 2. The Labute approximate surface area is 168 Å². The molecular formula is C23H32N4O. The van der Waals surface area contributed by atoms with Crippen molar-refractivity contribution in [2.24, 2.45) is 0 Å². The maximum Gasteiger partial charge on any atom is 0.319 e. The van der Waals surface area contributed by atoms with Crippen molar-refractivity contribution >= 4 is 11.7 Å². The Bertz CT molecular complexity index is 741. The van der Waals surface area contributed by atoms with Gasteiger partial charge < -0.3 is 15.5 Å². The average Bonchev–Trinajstić information content (AvgIpc) is 2.71. The van der Waals surface area contributed by atoms with Crippen LogP contribution in [0.15, 0.2) is 54.6 Å². The van der Waals surface area contributed by atoms with E-state index in [0.717, 1.165) is 50.3 Å². The molecule has 1 aliphatic heterocycles. The van der Waals surface area contributed by atoms with Gasteiger partial charge in [0.05, 0.1) is 0 Å². The third-order valence-corrected chi connectivity index (χ3v) is 5.51. The van der Waals surface area contributed by atoms with Crippen LogP contribution in [0.5, 0.6) is 0 Å². The number of nitrogens with one attached hydrogen (secondary N) is 2. The number of likely N-dealkylation sites (N-methyl/N-ethyl adjacent to an activating group) is 1. The summed E-state index contributed by atoms with van der Waals surface area (Å²) in [7, 11) is 2.17. The highest BCUT2D eigenvalue weighted by atomic mass is 16.2. The van der Waals surface area contributed by atoms with Crippen molar-refractivity contribution in [2.45, 2.75) is 25.8 Å². The Kier molecular flexibility index (Phi) is 7.46. The van der Waals surface area contributed by atoms with E-state index >= 15 is 0 Å². The molecule has 0 aromatic heterocycles. The number of nitrogens with zero attached hydrogens (tertiary/aromatic N) is 2. The number of carbonyl (C=O) groups is 1. The van der Waals surface area contributed by atoms with E-state index in [-0.39, 0.29) is 6.03 Å². The predicted molar refractivity (Wildman–Crippen MR) is 116 cm³/mol. The molecule has 2 amide bonds. The van der Waals surface area contributed by atoms with Crippen LogP contribution in [0.2, 0.25) is 0 Å². The van der Waals surface area contributed by atoms with Crippen LogP contribution in [0, 0.1) is 0 Å². The first-order valence-corrected chi connectivity index (χ1v) is 10.2. The molecule has 1 fully saturated rings. The second-order valence-electron chi connectivity index (χ2n) is 7.68. The molecule has 150 valence electrons. The molecule has 1 saturated heterocycles. The van der Waals surface area contributed by atoms with Crippen molar-refractivity contribution in [3.63, 3.8) is 0 Å². The molecule has 0 unspecified atom stereocenters. The van der Waals surface area contributed by atoms with Crippen LogP contribution in [0.3, 0.4) is 0 Å². The normalized spacial score (nSPS) is 16.5. The summed E-state index contributed by atoms with van der Waals surface area (Å²) in [6, 6.07) is 18.7. The fraction of sp³-hybridized carbons (Fsp3) is 0.435. The van der Waals surface area contributed by atoms with Crippen LogP contribution in [-0.2, 0) is 6.42 Å². The first-order valence-electron chi connectivity index (χ1n) is 10.2. The molecule has 2 N–H and O–H groups in total. The number of piperazine rings is 1. The molecule has 3 rings (SSSR count). The molecule has 2 aromatic carbocycles. The average molecular weight is 381 g/mol. The summed E-state index contributed by atoms with van der Waals surface area (Å²) in [5, 5.41) is 6.03. The van der Waals surface area contributed by atoms with Crippen molar-refractivity contribution in [3.8, 4) is 0 Å². The standard InChI is InChI=1S/C23H32N4O/c1-19(27-16-14-26(2)15-17-27)12-13-24-23(28)25-22-11-7-6-10-21(22)18-20-8-4-3-5-9-20/h3-11,19H,12-18H2,1-2H3,(H2,24,25,28)/t19-/m0/s1. The van der Waals surface area contributed by atoms with Crippen LogP contribution in [-0.4, -0.2) is 61.6 Å². The molecule has 1 atom stereocenters. The Balaban J connectivity index is 1.46. The topological polar surface area (TPSA) is 47.6 Å². The second-order valence-corrected chi connectivity index (χ2v) is 7.68. The summed E-state index contributed by atoms with van der Waals surface area (Å²) in [6.45, 7) is 7.39. The van der Waals surface area contributed by atoms with E-state index in [1.165, 1.54) is 5.56 Å². The lowest BCUT2D eigenvalue weighted by atomic mass is 10.0. The van der Waals surface area contributed by atoms with Gasteiger partial charge in [0.1, 0.15) is 0 Å². The summed E-state index contributed by atoms with van der Waals surface area (Å²) in [5.74, 6) is 0. The van der Waals surface area contributed by atoms with Gasteiger partial charge in [0.2, 0.25) is 0 Å². The summed E-state index contributed by atoms with van der Waals surface area (Å²) < 4.78 is 0. The van der Waals surface area contributed by atoms with E-state index in [1.54, 1.807) is 0 Å². The number of hydrogen-bond donors (Lipinski definition) is 2. The van der Waals surface area contributed by atoms with E-state index in [4.69, 9.17) is 0 Å². The highest BCUT2D eigenvalue weighted by Gasteiger charge is 2.18. The zero-order chi connectivity index (χ0) is 19.8. The highest BCUT2D eigenvalue weighted by molar-refractivity contribution is 5.90. The maximum atomic E-state index is 12.4. The van der Waals surface area contributed by atoms with Crippen LogP contribution in [0.1, 0.15) is 24.5 Å². The minimum atomic E-state index is -0.133. The summed E-state index contributed by atoms with van der Waals surface area (Å²) >= 11 is 0. The molecule has 0 spiro atoms. The minimum absolute atomic E-state index is 0.133. The molecular weight excluding hydrogens is 348 g/mol. The Hall–Kier alpha value is -2.37. The molecule has 0 bridgehead atoms. The van der Waals surface area contributed by atoms with E-state index in [0.29, 0.717) is 12.6 Å². The van der Waals surface area contributed by atoms with E-state index < -0.39 is 0 Å². The minimum Gasteiger partial charge on any atom is -0.338 e. The van der Waals surface area contributed by atoms with Crippen LogP contribution >= 0.6 is 0 Å². The smallest absolute Gasteiger partial charge is 0.319 e. The van der Waals surface area contributed by atoms with Crippen molar-refractivity contribution in [1.82, 2.24) is 15.1 Å². The first-order chi connectivity index (χ1) is 13.6. The Morgan fingerprint density at radius 3 is 2.43 bits per heavy atom. The van der Waals surface area contributed by atoms with Crippen LogP contribution in [0.4, 0.5) is 10.5 Å². The Morgan fingerprint density at radius 2 is 1.68 bits per heavy atom. The summed E-state index contributed by atoms with van der Waals surface area (Å²) in [6.07, 6.45) is 1.76. The molecule has 5 heteroatoms. The molecule has 1 aliphatic rings. The van der Waals surface area contributed by atoms with Crippen molar-refractivity contribution < 1.29 is 4.79 Å². The van der Waals surface area contributed by atoms with Gasteiger partial charge in [-0.2, -0.15) is 0 Å². The van der Waals surface area contributed by atoms with Gasteiger partial charge in [0, 0.05) is 44.5 Å². The molecule has 0 radical (unpaired) electrons. The third-order valence-electron chi connectivity index (χ3n) is 5.51. The molecule has 2 aromatic rings. The number of hydrogen-bond acceptors (Lipinski definition) is 3. The highest BCUT2D eigenvalue weighted by Crippen LogP contribution is 2.19. The number of benzene rings is 2. The molecule has 1 heterocycles. The number of urea groups is 1. The fourth-order valence-corrected chi connectivity index (χ4v) is 3.62. The van der Waals surface area contributed by atoms with Gasteiger partial charge in [-0.3, -0.25) is 4.90 Å². The predicted octanol–water partition coefficient (Wildman–Crippen LogP) is 3.42. The Morgan fingerprint density at radius 1 is 1.00 bits per heavy atom. The molecule has 5 nitrogen and oxygen atoms in total. The van der Waals surface area contributed by atoms with Gasteiger partial charge in [-0.05, 0) is 44.0 Å². The van der Waals surface area contributed by atoms with E-state index in [1.807, 2.05) is 36.4 Å². The number of rotatable bonds is 7. The summed E-state index contributed by atoms with van der Waals surface area (Å²) in [5.41, 5.74) is 3.23. The van der Waals surface area contributed by atoms with Gasteiger partial charge in [-0.1, -0.05) is 48.5 Å². The number of carbonyl (C=O) groups excluding carboxylic acids is 1. The largest absolute Gasteiger partial charge is 0.338 e. The number of anilines is 1. The molecule has 0 saturated carbocycles. The summed E-state index contributed by atoms with van der Waals surface area (Å²) in [4.78, 5) is 17.2. The van der Waals surface area contributed by atoms with Gasteiger partial charge in [0.25, 0.3) is 0 Å². The fourth-order valence-electron chi connectivity index (χ4n) is 3.62. The van der Waals surface area contributed by atoms with Crippen LogP contribution in [0.25, 0.3) is 0 Å². The first kappa shape index (κ1) is 20.4. The lowest BCUT2D eigenvalue weighted by molar-refractivity contribution is 0.115. The van der Waals surface area contributed by atoms with Crippen LogP contribution < -0.4 is 10.6 Å². The molecule has 0 aliphatic carbocycles. The van der Waals surface area contributed by atoms with Gasteiger partial charge >= 0.3 is 6.03 Å². The SMILES string of the molecule is C[C@@H](CCNC(=O)Nc1ccccc1Cc1ccccc1)N1CCN(C)CC1. The second kappa shape index (κ2) is 10.2. The lowest BCUT2D eigenvalue weighted by Gasteiger charge is -2.36.